The maximum Gasteiger partial charge on any atom is 0.259 e. The van der Waals surface area contributed by atoms with Gasteiger partial charge in [-0.15, -0.1) is 0 Å². The molecule has 1 fully saturated rings. The van der Waals surface area contributed by atoms with Crippen LogP contribution in [0, 0.1) is 5.92 Å². The van der Waals surface area contributed by atoms with Crippen molar-refractivity contribution in [3.8, 4) is 17.2 Å². The molecule has 0 spiro atoms. The molecule has 1 aliphatic carbocycles. The van der Waals surface area contributed by atoms with Gasteiger partial charge in [0.2, 0.25) is 0 Å². The van der Waals surface area contributed by atoms with Crippen molar-refractivity contribution in [1.29, 1.82) is 0 Å². The van der Waals surface area contributed by atoms with Crippen molar-refractivity contribution in [2.75, 3.05) is 0 Å². The van der Waals surface area contributed by atoms with Crippen LogP contribution in [0.2, 0.25) is 5.02 Å². The molecule has 0 radical (unpaired) electrons. The van der Waals surface area contributed by atoms with Crippen LogP contribution in [0.15, 0.2) is 22.7 Å². The Balaban J connectivity index is 1.85. The third kappa shape index (κ3) is 2.52. The molecule has 1 aromatic carbocycles. The first-order chi connectivity index (χ1) is 9.67. The Labute approximate surface area is 122 Å². The molecule has 1 aliphatic rings. The monoisotopic (exact) mass is 292 g/mol. The lowest BCUT2D eigenvalue weighted by molar-refractivity contribution is 0.413. The Morgan fingerprint density at radius 3 is 3.00 bits per heavy atom. The Morgan fingerprint density at radius 2 is 2.25 bits per heavy atom. The largest absolute Gasteiger partial charge is 0.508 e. The van der Waals surface area contributed by atoms with Crippen molar-refractivity contribution in [2.45, 2.75) is 38.5 Å². The average Bonchev–Trinajstić information content (AvgIpc) is 3.09. The summed E-state index contributed by atoms with van der Waals surface area (Å²) in [7, 11) is 0. The summed E-state index contributed by atoms with van der Waals surface area (Å²) in [4.78, 5) is 4.46. The van der Waals surface area contributed by atoms with Crippen LogP contribution in [0.25, 0.3) is 11.5 Å². The van der Waals surface area contributed by atoms with Gasteiger partial charge in [0.05, 0.1) is 10.6 Å². The number of phenolic OH excluding ortho intramolecular Hbond substituents is 1. The predicted molar refractivity (Wildman–Crippen MR) is 76.8 cm³/mol. The molecule has 2 atom stereocenters. The number of hydrogen-bond donors (Lipinski definition) is 1. The first-order valence-corrected chi connectivity index (χ1v) is 7.37. The number of aromatic hydroxyl groups is 1. The third-order valence-corrected chi connectivity index (χ3v) is 4.44. The van der Waals surface area contributed by atoms with Gasteiger partial charge in [-0.05, 0) is 43.4 Å². The summed E-state index contributed by atoms with van der Waals surface area (Å²) >= 11 is 6.11. The Morgan fingerprint density at radius 1 is 1.40 bits per heavy atom. The fraction of sp³-hybridized carbons (Fsp3) is 0.467. The second-order valence-electron chi connectivity index (χ2n) is 5.41. The molecule has 2 unspecified atom stereocenters. The zero-order chi connectivity index (χ0) is 14.1. The molecule has 4 nitrogen and oxygen atoms in total. The topological polar surface area (TPSA) is 59.2 Å². The predicted octanol–water partition coefficient (Wildman–Crippen LogP) is 4.39. The van der Waals surface area contributed by atoms with Gasteiger partial charge in [0.15, 0.2) is 5.82 Å². The van der Waals surface area contributed by atoms with Crippen LogP contribution in [0.3, 0.4) is 0 Å². The molecule has 0 amide bonds. The molecular weight excluding hydrogens is 276 g/mol. The van der Waals surface area contributed by atoms with Gasteiger partial charge >= 0.3 is 0 Å². The number of phenols is 1. The van der Waals surface area contributed by atoms with E-state index in [0.29, 0.717) is 22.4 Å². The summed E-state index contributed by atoms with van der Waals surface area (Å²) in [5, 5.41) is 14.1. The molecule has 1 heterocycles. The zero-order valence-electron chi connectivity index (χ0n) is 11.3. The Hall–Kier alpha value is -1.55. The summed E-state index contributed by atoms with van der Waals surface area (Å²) in [6.07, 6.45) is 4.69. The highest BCUT2D eigenvalue weighted by atomic mass is 35.5. The minimum Gasteiger partial charge on any atom is -0.508 e. The molecule has 106 valence electrons. The van der Waals surface area contributed by atoms with Crippen molar-refractivity contribution in [1.82, 2.24) is 10.1 Å². The Bertz CT molecular complexity index is 612. The van der Waals surface area contributed by atoms with E-state index in [4.69, 9.17) is 16.1 Å². The normalized spacial score (nSPS) is 22.3. The van der Waals surface area contributed by atoms with E-state index >= 15 is 0 Å². The standard InChI is InChI=1S/C15H17ClN2O2/c1-2-9-3-4-10(7-9)14-17-15(20-18-14)12-8-11(19)5-6-13(12)16/h5-6,8-10,19H,2-4,7H2,1H3. The van der Waals surface area contributed by atoms with Crippen LogP contribution < -0.4 is 0 Å². The molecule has 1 aromatic heterocycles. The number of hydrogen-bond acceptors (Lipinski definition) is 4. The van der Waals surface area contributed by atoms with E-state index in [1.807, 2.05) is 0 Å². The summed E-state index contributed by atoms with van der Waals surface area (Å²) in [6.45, 7) is 2.22. The van der Waals surface area contributed by atoms with Gasteiger partial charge in [0, 0.05) is 5.92 Å². The second kappa shape index (κ2) is 5.44. The highest BCUT2D eigenvalue weighted by Crippen LogP contribution is 2.39. The highest BCUT2D eigenvalue weighted by Gasteiger charge is 2.28. The smallest absolute Gasteiger partial charge is 0.259 e. The van der Waals surface area contributed by atoms with E-state index < -0.39 is 0 Å². The quantitative estimate of drug-likeness (QED) is 0.911. The van der Waals surface area contributed by atoms with E-state index in [-0.39, 0.29) is 5.75 Å². The summed E-state index contributed by atoms with van der Waals surface area (Å²) in [5.74, 6) is 2.42. The minimum absolute atomic E-state index is 0.135. The molecule has 0 aliphatic heterocycles. The van der Waals surface area contributed by atoms with Gasteiger partial charge in [-0.2, -0.15) is 4.98 Å². The van der Waals surface area contributed by atoms with E-state index in [1.165, 1.54) is 18.9 Å². The van der Waals surface area contributed by atoms with Crippen molar-refractivity contribution in [3.05, 3.63) is 29.0 Å². The number of benzene rings is 1. The van der Waals surface area contributed by atoms with Crippen molar-refractivity contribution >= 4 is 11.6 Å². The van der Waals surface area contributed by atoms with Gasteiger partial charge in [0.25, 0.3) is 5.89 Å². The van der Waals surface area contributed by atoms with Crippen molar-refractivity contribution < 1.29 is 9.63 Å². The van der Waals surface area contributed by atoms with Crippen LogP contribution in [-0.4, -0.2) is 15.2 Å². The average molecular weight is 293 g/mol. The van der Waals surface area contributed by atoms with Crippen LogP contribution >= 0.6 is 11.6 Å². The number of nitrogens with zero attached hydrogens (tertiary/aromatic N) is 2. The molecule has 0 bridgehead atoms. The molecule has 0 saturated heterocycles. The van der Waals surface area contributed by atoms with Crippen LogP contribution in [-0.2, 0) is 0 Å². The summed E-state index contributed by atoms with van der Waals surface area (Å²) < 4.78 is 5.31. The van der Waals surface area contributed by atoms with Gasteiger partial charge in [-0.25, -0.2) is 0 Å². The van der Waals surface area contributed by atoms with Crippen molar-refractivity contribution in [3.63, 3.8) is 0 Å². The maximum atomic E-state index is 9.54. The molecule has 1 saturated carbocycles. The minimum atomic E-state index is 0.135. The van der Waals surface area contributed by atoms with Gasteiger partial charge < -0.3 is 9.63 Å². The molecule has 20 heavy (non-hydrogen) atoms. The molecule has 2 aromatic rings. The van der Waals surface area contributed by atoms with E-state index in [1.54, 1.807) is 12.1 Å². The van der Waals surface area contributed by atoms with Crippen LogP contribution in [0.1, 0.15) is 44.3 Å². The summed E-state index contributed by atoms with van der Waals surface area (Å²) in [5.41, 5.74) is 0.579. The van der Waals surface area contributed by atoms with Gasteiger partial charge in [-0.3, -0.25) is 0 Å². The van der Waals surface area contributed by atoms with E-state index in [2.05, 4.69) is 17.1 Å². The van der Waals surface area contributed by atoms with Gasteiger partial charge in [-0.1, -0.05) is 30.1 Å². The Kier molecular flexibility index (Phi) is 3.66. The van der Waals surface area contributed by atoms with E-state index in [9.17, 15) is 5.11 Å². The number of rotatable bonds is 3. The van der Waals surface area contributed by atoms with Gasteiger partial charge in [0.1, 0.15) is 5.75 Å². The lowest BCUT2D eigenvalue weighted by Gasteiger charge is -2.04. The van der Waals surface area contributed by atoms with Crippen molar-refractivity contribution in [2.24, 2.45) is 5.92 Å². The molecule has 1 N–H and O–H groups in total. The SMILES string of the molecule is CCC1CCC(c2noc(-c3cc(O)ccc3Cl)n2)C1. The lowest BCUT2D eigenvalue weighted by Crippen LogP contribution is -1.97. The number of halogens is 1. The van der Waals surface area contributed by atoms with Crippen LogP contribution in [0.5, 0.6) is 5.75 Å². The highest BCUT2D eigenvalue weighted by molar-refractivity contribution is 6.33. The van der Waals surface area contributed by atoms with Crippen LogP contribution in [0.4, 0.5) is 0 Å². The fourth-order valence-electron chi connectivity index (χ4n) is 2.87. The van der Waals surface area contributed by atoms with E-state index in [0.717, 1.165) is 24.6 Å². The number of aromatic nitrogens is 2. The third-order valence-electron chi connectivity index (χ3n) is 4.11. The maximum absolute atomic E-state index is 9.54. The molecule has 3 rings (SSSR count). The lowest BCUT2D eigenvalue weighted by atomic mass is 10.0. The summed E-state index contributed by atoms with van der Waals surface area (Å²) in [6, 6.07) is 4.70. The zero-order valence-corrected chi connectivity index (χ0v) is 12.1. The second-order valence-corrected chi connectivity index (χ2v) is 5.81. The first kappa shape index (κ1) is 13.4. The molecular formula is C15H17ClN2O2. The molecule has 5 heteroatoms. The first-order valence-electron chi connectivity index (χ1n) is 7.00. The fourth-order valence-corrected chi connectivity index (χ4v) is 3.07.